The first-order valence-electron chi connectivity index (χ1n) is 9.48. The van der Waals surface area contributed by atoms with Gasteiger partial charge in [-0.05, 0) is 56.6 Å². The van der Waals surface area contributed by atoms with Gasteiger partial charge in [-0.25, -0.2) is 0 Å². The average molecular weight is 350 g/mol. The maximum atomic E-state index is 5.58. The number of ether oxygens (including phenoxy) is 1. The zero-order valence-electron chi connectivity index (χ0n) is 15.7. The molecule has 0 radical (unpaired) electrons. The lowest BCUT2D eigenvalue weighted by Gasteiger charge is -2.22. The first-order valence-corrected chi connectivity index (χ1v) is 9.48. The molecule has 1 heteroatoms. The molecule has 1 aliphatic carbocycles. The Kier molecular flexibility index (Phi) is 3.84. The lowest BCUT2D eigenvalue weighted by atomic mass is 9.82. The smallest absolute Gasteiger partial charge is 0.0716 e. The van der Waals surface area contributed by atoms with Crippen molar-refractivity contribution in [1.82, 2.24) is 0 Å². The Hall–Kier alpha value is -2.90. The molecule has 0 amide bonds. The fraction of sp³-hybridized carbons (Fsp3) is 0.154. The number of hydrogen-bond acceptors (Lipinski definition) is 1. The van der Waals surface area contributed by atoms with Crippen molar-refractivity contribution in [3.8, 4) is 11.1 Å². The van der Waals surface area contributed by atoms with Crippen LogP contribution in [0.4, 0.5) is 0 Å². The average Bonchev–Trinajstić information content (AvgIpc) is 3.04. The number of methoxy groups -OCH3 is 1. The van der Waals surface area contributed by atoms with Gasteiger partial charge in [0, 0.05) is 13.0 Å². The molecule has 1 atom stereocenters. The molecule has 4 aromatic carbocycles. The number of aryl methyl sites for hydroxylation is 1. The van der Waals surface area contributed by atoms with Gasteiger partial charge in [0.1, 0.15) is 0 Å². The van der Waals surface area contributed by atoms with Crippen LogP contribution in [0.1, 0.15) is 33.7 Å². The van der Waals surface area contributed by atoms with E-state index in [9.17, 15) is 0 Å². The number of fused-ring (bicyclic) bond motifs is 4. The Morgan fingerprint density at radius 3 is 2.41 bits per heavy atom. The quantitative estimate of drug-likeness (QED) is 0.363. The Bertz CT molecular complexity index is 1160. The van der Waals surface area contributed by atoms with Crippen LogP contribution in [0.15, 0.2) is 78.9 Å². The molecule has 27 heavy (non-hydrogen) atoms. The predicted octanol–water partition coefficient (Wildman–Crippen LogP) is 6.46. The maximum absolute atomic E-state index is 5.58. The Labute approximate surface area is 160 Å². The second-order valence-electron chi connectivity index (χ2n) is 7.35. The van der Waals surface area contributed by atoms with Gasteiger partial charge in [0.15, 0.2) is 0 Å². The van der Waals surface area contributed by atoms with Gasteiger partial charge in [-0.1, -0.05) is 78.9 Å². The van der Waals surface area contributed by atoms with E-state index < -0.39 is 0 Å². The topological polar surface area (TPSA) is 9.23 Å². The molecule has 132 valence electrons. The van der Waals surface area contributed by atoms with E-state index in [2.05, 4.69) is 85.8 Å². The number of rotatable bonds is 3. The van der Waals surface area contributed by atoms with Crippen molar-refractivity contribution in [1.29, 1.82) is 0 Å². The zero-order valence-corrected chi connectivity index (χ0v) is 15.7. The standard InChI is InChI=1S/C26H22O/c1-17-8-7-13-22-21-11-5-6-12-23(21)26(24(17)22)25-19(16-27-2)15-14-18-9-3-4-10-20(18)25/h3-15,26H,16H2,1-2H3/t26-/m1/s1. The highest BCUT2D eigenvalue weighted by Crippen LogP contribution is 2.51. The lowest BCUT2D eigenvalue weighted by molar-refractivity contribution is 0.184. The molecule has 0 aromatic heterocycles. The van der Waals surface area contributed by atoms with E-state index in [4.69, 9.17) is 4.74 Å². The van der Waals surface area contributed by atoms with Gasteiger partial charge < -0.3 is 4.74 Å². The van der Waals surface area contributed by atoms with Gasteiger partial charge in [-0.15, -0.1) is 0 Å². The first-order chi connectivity index (χ1) is 13.3. The summed E-state index contributed by atoms with van der Waals surface area (Å²) < 4.78 is 5.58. The Morgan fingerprint density at radius 2 is 1.52 bits per heavy atom. The minimum atomic E-state index is 0.244. The second kappa shape index (κ2) is 6.37. The summed E-state index contributed by atoms with van der Waals surface area (Å²) in [5.41, 5.74) is 9.57. The van der Waals surface area contributed by atoms with Crippen molar-refractivity contribution in [2.75, 3.05) is 7.11 Å². The van der Waals surface area contributed by atoms with Crippen LogP contribution >= 0.6 is 0 Å². The SMILES string of the molecule is COCc1ccc2ccccc2c1[C@@H]1c2ccccc2-c2cccc(C)c21. The molecule has 0 saturated carbocycles. The summed E-state index contributed by atoms with van der Waals surface area (Å²) in [6.45, 7) is 2.86. The predicted molar refractivity (Wildman–Crippen MR) is 112 cm³/mol. The minimum Gasteiger partial charge on any atom is -0.380 e. The molecule has 0 heterocycles. The highest BCUT2D eigenvalue weighted by Gasteiger charge is 2.33. The number of benzene rings is 4. The third-order valence-corrected chi connectivity index (χ3v) is 5.82. The van der Waals surface area contributed by atoms with Gasteiger partial charge in [0.25, 0.3) is 0 Å². The molecule has 0 saturated heterocycles. The van der Waals surface area contributed by atoms with Crippen molar-refractivity contribution < 1.29 is 4.74 Å². The molecule has 4 aromatic rings. The van der Waals surface area contributed by atoms with E-state index in [0.29, 0.717) is 6.61 Å². The molecule has 0 fully saturated rings. The third-order valence-electron chi connectivity index (χ3n) is 5.82. The molecule has 0 N–H and O–H groups in total. The van der Waals surface area contributed by atoms with Crippen molar-refractivity contribution in [3.05, 3.63) is 107 Å². The van der Waals surface area contributed by atoms with Crippen molar-refractivity contribution in [2.45, 2.75) is 19.4 Å². The van der Waals surface area contributed by atoms with E-state index in [-0.39, 0.29) is 5.92 Å². The molecule has 5 rings (SSSR count). The second-order valence-corrected chi connectivity index (χ2v) is 7.35. The molecule has 0 unspecified atom stereocenters. The summed E-state index contributed by atoms with van der Waals surface area (Å²) in [7, 11) is 1.78. The fourth-order valence-corrected chi connectivity index (χ4v) is 4.71. The molecule has 1 nitrogen and oxygen atoms in total. The summed E-state index contributed by atoms with van der Waals surface area (Å²) in [6, 6.07) is 28.7. The van der Waals surface area contributed by atoms with Gasteiger partial charge in [0.2, 0.25) is 0 Å². The largest absolute Gasteiger partial charge is 0.380 e. The Balaban J connectivity index is 1.90. The third kappa shape index (κ3) is 2.43. The lowest BCUT2D eigenvalue weighted by Crippen LogP contribution is -2.07. The monoisotopic (exact) mass is 350 g/mol. The van der Waals surface area contributed by atoms with E-state index in [0.717, 1.165) is 0 Å². The summed E-state index contributed by atoms with van der Waals surface area (Å²) in [6.07, 6.45) is 0. The Morgan fingerprint density at radius 1 is 0.741 bits per heavy atom. The van der Waals surface area contributed by atoms with E-state index in [1.165, 1.54) is 49.7 Å². The highest BCUT2D eigenvalue weighted by molar-refractivity contribution is 5.91. The van der Waals surface area contributed by atoms with Gasteiger partial charge in [-0.3, -0.25) is 0 Å². The van der Waals surface area contributed by atoms with Crippen LogP contribution in [0.2, 0.25) is 0 Å². The van der Waals surface area contributed by atoms with Crippen LogP contribution in [-0.4, -0.2) is 7.11 Å². The van der Waals surface area contributed by atoms with Crippen molar-refractivity contribution in [2.24, 2.45) is 0 Å². The number of hydrogen-bond donors (Lipinski definition) is 0. The molecular weight excluding hydrogens is 328 g/mol. The maximum Gasteiger partial charge on any atom is 0.0716 e. The van der Waals surface area contributed by atoms with Crippen LogP contribution in [0.25, 0.3) is 21.9 Å². The molecule has 0 bridgehead atoms. The molecule has 1 aliphatic rings. The molecule has 0 aliphatic heterocycles. The molecule has 0 spiro atoms. The van der Waals surface area contributed by atoms with Crippen LogP contribution in [0.5, 0.6) is 0 Å². The minimum absolute atomic E-state index is 0.244. The van der Waals surface area contributed by atoms with Crippen LogP contribution in [0.3, 0.4) is 0 Å². The van der Waals surface area contributed by atoms with Crippen LogP contribution in [0, 0.1) is 6.92 Å². The summed E-state index contributed by atoms with van der Waals surface area (Å²) in [4.78, 5) is 0. The van der Waals surface area contributed by atoms with Crippen molar-refractivity contribution in [3.63, 3.8) is 0 Å². The summed E-state index contributed by atoms with van der Waals surface area (Å²) >= 11 is 0. The van der Waals surface area contributed by atoms with Crippen LogP contribution in [-0.2, 0) is 11.3 Å². The van der Waals surface area contributed by atoms with Gasteiger partial charge in [-0.2, -0.15) is 0 Å². The van der Waals surface area contributed by atoms with Gasteiger partial charge >= 0.3 is 0 Å². The molecular formula is C26H22O. The first kappa shape index (κ1) is 16.3. The van der Waals surface area contributed by atoms with Crippen molar-refractivity contribution >= 4 is 10.8 Å². The highest BCUT2D eigenvalue weighted by atomic mass is 16.5. The summed E-state index contributed by atoms with van der Waals surface area (Å²) in [5, 5.41) is 2.61. The fourth-order valence-electron chi connectivity index (χ4n) is 4.71. The van der Waals surface area contributed by atoms with E-state index in [1.54, 1.807) is 7.11 Å². The van der Waals surface area contributed by atoms with E-state index in [1.807, 2.05) is 0 Å². The van der Waals surface area contributed by atoms with Gasteiger partial charge in [0.05, 0.1) is 6.61 Å². The summed E-state index contributed by atoms with van der Waals surface area (Å²) in [5.74, 6) is 0.244. The zero-order chi connectivity index (χ0) is 18.4. The van der Waals surface area contributed by atoms with Crippen LogP contribution < -0.4 is 0 Å². The van der Waals surface area contributed by atoms with E-state index >= 15 is 0 Å². The normalized spacial score (nSPS) is 15.0.